The van der Waals surface area contributed by atoms with E-state index in [9.17, 15) is 14.4 Å². The van der Waals surface area contributed by atoms with Crippen molar-refractivity contribution in [2.24, 2.45) is 5.73 Å². The summed E-state index contributed by atoms with van der Waals surface area (Å²) in [6, 6.07) is 11.3. The number of nitrogens with one attached hydrogen (secondary N) is 2. The largest absolute Gasteiger partial charge is 0.375 e. The van der Waals surface area contributed by atoms with Crippen LogP contribution in [0.3, 0.4) is 0 Å². The van der Waals surface area contributed by atoms with Gasteiger partial charge in [-0.25, -0.2) is 0 Å². The molecule has 0 aromatic heterocycles. The molecular weight excluding hydrogens is 330 g/mol. The van der Waals surface area contributed by atoms with Crippen molar-refractivity contribution >= 4 is 40.6 Å². The lowest BCUT2D eigenvalue weighted by Gasteiger charge is -2.12. The highest BCUT2D eigenvalue weighted by Gasteiger charge is 2.12. The van der Waals surface area contributed by atoms with Crippen molar-refractivity contribution in [3.05, 3.63) is 58.6 Å². The van der Waals surface area contributed by atoms with Crippen LogP contribution in [0.15, 0.2) is 42.5 Å². The number of primary amides is 1. The van der Waals surface area contributed by atoms with Crippen LogP contribution in [-0.2, 0) is 4.79 Å². The van der Waals surface area contributed by atoms with E-state index in [4.69, 9.17) is 17.3 Å². The fourth-order valence-corrected chi connectivity index (χ4v) is 2.32. The summed E-state index contributed by atoms with van der Waals surface area (Å²) in [5.74, 6) is -1.16. The van der Waals surface area contributed by atoms with E-state index in [1.807, 2.05) is 0 Å². The molecule has 0 heterocycles. The lowest BCUT2D eigenvalue weighted by atomic mass is 10.1. The van der Waals surface area contributed by atoms with Crippen LogP contribution in [-0.4, -0.2) is 24.1 Å². The highest BCUT2D eigenvalue weighted by atomic mass is 35.5. The van der Waals surface area contributed by atoms with Crippen LogP contribution in [0.25, 0.3) is 0 Å². The van der Waals surface area contributed by atoms with Crippen molar-refractivity contribution in [1.82, 2.24) is 0 Å². The third-order valence-electron chi connectivity index (χ3n) is 3.27. The normalized spacial score (nSPS) is 10.1. The molecule has 4 N–H and O–H groups in total. The average molecular weight is 346 g/mol. The van der Waals surface area contributed by atoms with E-state index in [0.717, 1.165) is 0 Å². The number of carbonyl (C=O) groups excluding carboxylic acids is 3. The average Bonchev–Trinajstić information content (AvgIpc) is 2.53. The quantitative estimate of drug-likeness (QED) is 0.700. The molecule has 0 saturated heterocycles. The number of hydrogen-bond acceptors (Lipinski definition) is 4. The molecule has 2 aromatic carbocycles. The Morgan fingerprint density at radius 3 is 2.42 bits per heavy atom. The van der Waals surface area contributed by atoms with Gasteiger partial charge in [0.1, 0.15) is 0 Å². The van der Waals surface area contributed by atoms with Crippen LogP contribution in [0, 0.1) is 0 Å². The molecule has 2 rings (SSSR count). The van der Waals surface area contributed by atoms with Crippen LogP contribution < -0.4 is 16.4 Å². The number of anilines is 2. The minimum absolute atomic E-state index is 0.103. The Labute approximate surface area is 144 Å². The van der Waals surface area contributed by atoms with Crippen molar-refractivity contribution in [2.75, 3.05) is 17.2 Å². The first-order valence-corrected chi connectivity index (χ1v) is 7.49. The number of para-hydroxylation sites is 1. The summed E-state index contributed by atoms with van der Waals surface area (Å²) >= 11 is 5.83. The summed E-state index contributed by atoms with van der Waals surface area (Å²) in [5.41, 5.74) is 6.75. The second kappa shape index (κ2) is 7.61. The molecule has 0 fully saturated rings. The summed E-state index contributed by atoms with van der Waals surface area (Å²) in [4.78, 5) is 35.0. The predicted octanol–water partition coefficient (Wildman–Crippen LogP) is 2.69. The molecule has 24 heavy (non-hydrogen) atoms. The number of halogens is 1. The number of hydrogen-bond donors (Lipinski definition) is 3. The van der Waals surface area contributed by atoms with Crippen molar-refractivity contribution < 1.29 is 14.4 Å². The Morgan fingerprint density at radius 2 is 1.75 bits per heavy atom. The Hall–Kier alpha value is -2.86. The molecule has 2 amide bonds. The molecule has 124 valence electrons. The number of carbonyl (C=O) groups is 3. The molecule has 0 radical (unpaired) electrons. The lowest BCUT2D eigenvalue weighted by Crippen LogP contribution is -2.24. The van der Waals surface area contributed by atoms with E-state index in [2.05, 4.69) is 10.6 Å². The van der Waals surface area contributed by atoms with E-state index in [1.54, 1.807) is 36.4 Å². The highest BCUT2D eigenvalue weighted by molar-refractivity contribution is 6.31. The second-order valence-electron chi connectivity index (χ2n) is 5.06. The van der Waals surface area contributed by atoms with Gasteiger partial charge in [-0.2, -0.15) is 0 Å². The minimum atomic E-state index is -0.651. The Balaban J connectivity index is 2.07. The van der Waals surface area contributed by atoms with Gasteiger partial charge in [0.25, 0.3) is 5.91 Å². The van der Waals surface area contributed by atoms with E-state index in [1.165, 1.54) is 13.0 Å². The minimum Gasteiger partial charge on any atom is -0.375 e. The van der Waals surface area contributed by atoms with Crippen molar-refractivity contribution in [1.29, 1.82) is 0 Å². The summed E-state index contributed by atoms with van der Waals surface area (Å²) in [6.07, 6.45) is 0. The smallest absolute Gasteiger partial charge is 0.250 e. The van der Waals surface area contributed by atoms with Crippen LogP contribution in [0.1, 0.15) is 27.6 Å². The molecule has 0 spiro atoms. The first-order chi connectivity index (χ1) is 11.4. The van der Waals surface area contributed by atoms with Gasteiger partial charge in [-0.15, -0.1) is 0 Å². The fourth-order valence-electron chi connectivity index (χ4n) is 2.14. The number of rotatable bonds is 6. The molecule has 6 nitrogen and oxygen atoms in total. The summed E-state index contributed by atoms with van der Waals surface area (Å²) in [5, 5.41) is 5.86. The molecule has 7 heteroatoms. The molecule has 0 saturated carbocycles. The molecule has 0 aliphatic carbocycles. The van der Waals surface area contributed by atoms with Crippen LogP contribution in [0.5, 0.6) is 0 Å². The van der Waals surface area contributed by atoms with Gasteiger partial charge in [0, 0.05) is 16.3 Å². The fraction of sp³-hybridized carbons (Fsp3) is 0.118. The summed E-state index contributed by atoms with van der Waals surface area (Å²) < 4.78 is 0. The second-order valence-corrected chi connectivity index (χ2v) is 5.49. The van der Waals surface area contributed by atoms with E-state index < -0.39 is 5.91 Å². The van der Waals surface area contributed by atoms with Gasteiger partial charge in [-0.05, 0) is 37.3 Å². The number of benzene rings is 2. The Bertz CT molecular complexity index is 805. The molecule has 0 bridgehead atoms. The zero-order valence-electron chi connectivity index (χ0n) is 12.9. The molecule has 0 aliphatic rings. The number of nitrogens with two attached hydrogens (primary N) is 1. The van der Waals surface area contributed by atoms with Gasteiger partial charge in [-0.3, -0.25) is 14.4 Å². The molecule has 0 aliphatic heterocycles. The van der Waals surface area contributed by atoms with Gasteiger partial charge in [0.05, 0.1) is 17.8 Å². The summed E-state index contributed by atoms with van der Waals surface area (Å²) in [6.45, 7) is 1.32. The molecule has 0 unspecified atom stereocenters. The van der Waals surface area contributed by atoms with Gasteiger partial charge in [0.15, 0.2) is 5.78 Å². The van der Waals surface area contributed by atoms with Gasteiger partial charge >= 0.3 is 0 Å². The van der Waals surface area contributed by atoms with Gasteiger partial charge < -0.3 is 16.4 Å². The zero-order valence-corrected chi connectivity index (χ0v) is 13.7. The predicted molar refractivity (Wildman–Crippen MR) is 93.5 cm³/mol. The maximum Gasteiger partial charge on any atom is 0.250 e. The third kappa shape index (κ3) is 4.33. The van der Waals surface area contributed by atoms with Crippen molar-refractivity contribution in [3.63, 3.8) is 0 Å². The molecule has 2 aromatic rings. The van der Waals surface area contributed by atoms with Crippen LogP contribution in [0.2, 0.25) is 5.02 Å². The Kier molecular flexibility index (Phi) is 5.55. The Morgan fingerprint density at radius 1 is 1.04 bits per heavy atom. The highest BCUT2D eigenvalue weighted by Crippen LogP contribution is 2.20. The number of Topliss-reactive ketones (excluding diaryl/α,β-unsaturated/α-hetero) is 1. The SMILES string of the molecule is CC(=O)c1ccccc1NC(=O)CNc1ccc(Cl)cc1C(N)=O. The molecular formula is C17H16ClN3O3. The maximum atomic E-state index is 12.1. The topological polar surface area (TPSA) is 101 Å². The maximum absolute atomic E-state index is 12.1. The van der Waals surface area contributed by atoms with Crippen LogP contribution in [0.4, 0.5) is 11.4 Å². The number of ketones is 1. The summed E-state index contributed by atoms with van der Waals surface area (Å²) in [7, 11) is 0. The van der Waals surface area contributed by atoms with Gasteiger partial charge in [0.2, 0.25) is 5.91 Å². The first kappa shape index (κ1) is 17.5. The van der Waals surface area contributed by atoms with E-state index >= 15 is 0 Å². The monoisotopic (exact) mass is 345 g/mol. The van der Waals surface area contributed by atoms with Crippen molar-refractivity contribution in [2.45, 2.75) is 6.92 Å². The molecule has 0 atom stereocenters. The first-order valence-electron chi connectivity index (χ1n) is 7.11. The lowest BCUT2D eigenvalue weighted by molar-refractivity contribution is -0.114. The van der Waals surface area contributed by atoms with Gasteiger partial charge in [-0.1, -0.05) is 23.7 Å². The third-order valence-corrected chi connectivity index (χ3v) is 3.50. The standard InChI is InChI=1S/C17H16ClN3O3/c1-10(22)12-4-2-3-5-15(12)21-16(23)9-20-14-7-6-11(18)8-13(14)17(19)24/h2-8,20H,9H2,1H3,(H2,19,24)(H,21,23). The van der Waals surface area contributed by atoms with Crippen LogP contribution >= 0.6 is 11.6 Å². The zero-order chi connectivity index (χ0) is 17.7. The van der Waals surface area contributed by atoms with Crippen molar-refractivity contribution in [3.8, 4) is 0 Å². The van der Waals surface area contributed by atoms with E-state index in [0.29, 0.717) is 22.0 Å². The number of amides is 2. The van der Waals surface area contributed by atoms with E-state index in [-0.39, 0.29) is 23.8 Å².